The number of nitrogens with zero attached hydrogens (tertiary/aromatic N) is 3. The average molecular weight is 670 g/mol. The predicted molar refractivity (Wildman–Crippen MR) is 211 cm³/mol. The third kappa shape index (κ3) is 6.21. The molecule has 0 spiro atoms. The minimum atomic E-state index is -2.41. The van der Waals surface area contributed by atoms with Crippen LogP contribution in [-0.4, -0.2) is 19.6 Å². The van der Waals surface area contributed by atoms with Crippen LogP contribution in [0.25, 0.3) is 72.7 Å². The third-order valence-corrected chi connectivity index (χ3v) is 9.07. The highest BCUT2D eigenvalue weighted by molar-refractivity contribution is 5.97. The standard InChI is InChI=1S/C47H39N3O/c1-31-24-35(33-16-9-6-10-17-33)29-39(25-31)50-43-20-13-19-40(45(43)49-46(50)41-18-11-12-21-44(41)51)36-26-37(28-38(27-36)47(2,3)4)42-30-34(22-23-48-42)32-14-7-5-8-15-32/h5-30,51H,1-4H3/i1D3,5D,7D,8D,14D,15D. The maximum Gasteiger partial charge on any atom is 0.149 e. The van der Waals surface area contributed by atoms with Gasteiger partial charge in [0.2, 0.25) is 0 Å². The number of phenolic OH excluding ortho intramolecular Hbond substituents is 1. The second-order valence-corrected chi connectivity index (χ2v) is 13.6. The molecule has 248 valence electrons. The number of aromatic nitrogens is 3. The zero-order valence-electron chi connectivity index (χ0n) is 36.4. The molecule has 0 saturated carbocycles. The van der Waals surface area contributed by atoms with Crippen LogP contribution in [0.1, 0.15) is 42.9 Å². The van der Waals surface area contributed by atoms with E-state index >= 15 is 0 Å². The number of hydrogen-bond acceptors (Lipinski definition) is 3. The summed E-state index contributed by atoms with van der Waals surface area (Å²) in [5.41, 5.74) is 8.18. The molecule has 0 atom stereocenters. The number of aryl methyl sites for hydroxylation is 1. The minimum Gasteiger partial charge on any atom is -0.507 e. The topological polar surface area (TPSA) is 50.9 Å². The van der Waals surface area contributed by atoms with Gasteiger partial charge in [0.05, 0.1) is 29.1 Å². The fourth-order valence-corrected chi connectivity index (χ4v) is 6.48. The fourth-order valence-electron chi connectivity index (χ4n) is 6.48. The fraction of sp³-hybridized carbons (Fsp3) is 0.106. The summed E-state index contributed by atoms with van der Waals surface area (Å²) in [5, 5.41) is 11.2. The van der Waals surface area contributed by atoms with Gasteiger partial charge >= 0.3 is 0 Å². The second-order valence-electron chi connectivity index (χ2n) is 13.6. The summed E-state index contributed by atoms with van der Waals surface area (Å²) in [4.78, 5) is 9.93. The van der Waals surface area contributed by atoms with Crippen molar-refractivity contribution in [3.63, 3.8) is 0 Å². The van der Waals surface area contributed by atoms with Gasteiger partial charge in [0.25, 0.3) is 0 Å². The molecule has 0 bridgehead atoms. The molecule has 0 aliphatic heterocycles. The van der Waals surface area contributed by atoms with Gasteiger partial charge in [0, 0.05) is 27.1 Å². The van der Waals surface area contributed by atoms with Crippen LogP contribution in [0, 0.1) is 6.85 Å². The molecule has 0 aliphatic carbocycles. The first-order valence-corrected chi connectivity index (χ1v) is 16.7. The van der Waals surface area contributed by atoms with E-state index in [1.807, 2.05) is 71.3 Å². The quantitative estimate of drug-likeness (QED) is 0.192. The Hall–Kier alpha value is -6.26. The SMILES string of the molecule is [2H]c1c([2H])c([2H])c(-c2ccnc(-c3cc(-c4cccc5c4nc(-c4ccccc4O)n5-c4cc(-c5ccccc5)cc(C([2H])([2H])[2H])c4)cc(C(C)(C)C)c3)c2)c([2H])c1[2H]. The van der Waals surface area contributed by atoms with Gasteiger partial charge in [-0.2, -0.15) is 0 Å². The molecule has 0 fully saturated rings. The molecule has 8 aromatic rings. The predicted octanol–water partition coefficient (Wildman–Crippen LogP) is 12.1. The Morgan fingerprint density at radius 2 is 1.41 bits per heavy atom. The van der Waals surface area contributed by atoms with E-state index in [9.17, 15) is 5.11 Å². The van der Waals surface area contributed by atoms with Gasteiger partial charge in [0.1, 0.15) is 11.6 Å². The molecule has 0 aliphatic rings. The van der Waals surface area contributed by atoms with Gasteiger partial charge in [0.15, 0.2) is 0 Å². The zero-order chi connectivity index (χ0) is 42.0. The monoisotopic (exact) mass is 669 g/mol. The first kappa shape index (κ1) is 24.0. The molecule has 0 unspecified atom stereocenters. The molecule has 2 aromatic heterocycles. The third-order valence-electron chi connectivity index (χ3n) is 9.07. The van der Waals surface area contributed by atoms with Crippen LogP contribution in [0.5, 0.6) is 5.75 Å². The van der Waals surface area contributed by atoms with Gasteiger partial charge in [-0.1, -0.05) is 118 Å². The summed E-state index contributed by atoms with van der Waals surface area (Å²) >= 11 is 0. The minimum absolute atomic E-state index is 0.0166. The second kappa shape index (κ2) is 12.9. The molecular formula is C47H39N3O. The number of para-hydroxylation sites is 2. The van der Waals surface area contributed by atoms with E-state index in [-0.39, 0.29) is 34.4 Å². The van der Waals surface area contributed by atoms with Crippen molar-refractivity contribution in [1.29, 1.82) is 0 Å². The van der Waals surface area contributed by atoms with Crippen LogP contribution in [0.2, 0.25) is 0 Å². The Kier molecular flexibility index (Phi) is 6.06. The van der Waals surface area contributed by atoms with Gasteiger partial charge in [-0.05, 0) is 106 Å². The Balaban J connectivity index is 1.38. The lowest BCUT2D eigenvalue weighted by Crippen LogP contribution is -2.11. The van der Waals surface area contributed by atoms with E-state index in [1.165, 1.54) is 0 Å². The van der Waals surface area contributed by atoms with Crippen molar-refractivity contribution in [1.82, 2.24) is 14.5 Å². The number of phenols is 1. The molecule has 51 heavy (non-hydrogen) atoms. The lowest BCUT2D eigenvalue weighted by atomic mass is 9.83. The van der Waals surface area contributed by atoms with Crippen molar-refractivity contribution in [2.75, 3.05) is 0 Å². The molecule has 2 heterocycles. The lowest BCUT2D eigenvalue weighted by molar-refractivity contribution is 0.477. The number of fused-ring (bicyclic) bond motifs is 1. The maximum atomic E-state index is 11.2. The maximum absolute atomic E-state index is 11.2. The molecule has 4 nitrogen and oxygen atoms in total. The van der Waals surface area contributed by atoms with E-state index in [0.717, 1.165) is 33.4 Å². The summed E-state index contributed by atoms with van der Waals surface area (Å²) in [7, 11) is 0. The van der Waals surface area contributed by atoms with Gasteiger partial charge in [-0.3, -0.25) is 9.55 Å². The largest absolute Gasteiger partial charge is 0.507 e. The number of aromatic hydroxyl groups is 1. The molecular weight excluding hydrogens is 623 g/mol. The van der Waals surface area contributed by atoms with Crippen molar-refractivity contribution in [3.05, 3.63) is 169 Å². The first-order chi connectivity index (χ1) is 28.0. The van der Waals surface area contributed by atoms with Crippen molar-refractivity contribution < 1.29 is 16.1 Å². The highest BCUT2D eigenvalue weighted by Crippen LogP contribution is 2.40. The summed E-state index contributed by atoms with van der Waals surface area (Å²) in [6.07, 6.45) is 1.58. The lowest BCUT2D eigenvalue weighted by Gasteiger charge is -2.22. The molecule has 1 N–H and O–H groups in total. The number of pyridine rings is 1. The summed E-state index contributed by atoms with van der Waals surface area (Å²) in [5.74, 6) is 0.440. The van der Waals surface area contributed by atoms with Crippen molar-refractivity contribution in [3.8, 4) is 67.5 Å². The number of benzene rings is 6. The van der Waals surface area contributed by atoms with E-state index in [1.54, 1.807) is 48.7 Å². The van der Waals surface area contributed by atoms with Crippen LogP contribution >= 0.6 is 0 Å². The molecule has 0 saturated heterocycles. The summed E-state index contributed by atoms with van der Waals surface area (Å²) in [6.45, 7) is 3.93. The normalized spacial score (nSPS) is 14.1. The van der Waals surface area contributed by atoms with Gasteiger partial charge in [-0.25, -0.2) is 4.98 Å². The zero-order valence-corrected chi connectivity index (χ0v) is 28.4. The van der Waals surface area contributed by atoms with Crippen molar-refractivity contribution in [2.24, 2.45) is 0 Å². The first-order valence-electron chi connectivity index (χ1n) is 20.7. The molecule has 8 rings (SSSR count). The Bertz CT molecular complexity index is 2900. The molecule has 0 radical (unpaired) electrons. The van der Waals surface area contributed by atoms with Crippen LogP contribution in [0.15, 0.2) is 158 Å². The van der Waals surface area contributed by atoms with E-state index in [0.29, 0.717) is 39.4 Å². The Morgan fingerprint density at radius 1 is 0.647 bits per heavy atom. The van der Waals surface area contributed by atoms with Crippen molar-refractivity contribution in [2.45, 2.75) is 33.0 Å². The molecule has 6 aromatic carbocycles. The molecule has 4 heteroatoms. The van der Waals surface area contributed by atoms with Crippen LogP contribution in [0.3, 0.4) is 0 Å². The van der Waals surface area contributed by atoms with Crippen molar-refractivity contribution >= 4 is 11.0 Å². The van der Waals surface area contributed by atoms with Crippen LogP contribution < -0.4 is 0 Å². The molecule has 0 amide bonds. The van der Waals surface area contributed by atoms with E-state index in [2.05, 4.69) is 32.9 Å². The number of rotatable bonds is 6. The Morgan fingerprint density at radius 3 is 2.20 bits per heavy atom. The van der Waals surface area contributed by atoms with E-state index in [4.69, 9.17) is 20.9 Å². The van der Waals surface area contributed by atoms with Crippen LogP contribution in [-0.2, 0) is 5.41 Å². The number of hydrogen-bond donors (Lipinski definition) is 1. The van der Waals surface area contributed by atoms with E-state index < -0.39 is 25.0 Å². The van der Waals surface area contributed by atoms with Gasteiger partial charge < -0.3 is 5.11 Å². The summed E-state index contributed by atoms with van der Waals surface area (Å²) in [6, 6.07) is 35.3. The van der Waals surface area contributed by atoms with Crippen LogP contribution in [0.4, 0.5) is 0 Å². The van der Waals surface area contributed by atoms with Gasteiger partial charge in [-0.15, -0.1) is 0 Å². The Labute approximate surface area is 310 Å². The average Bonchev–Trinajstić information content (AvgIpc) is 3.61. The smallest absolute Gasteiger partial charge is 0.149 e. The highest BCUT2D eigenvalue weighted by Gasteiger charge is 2.22. The number of imidazole rings is 1. The highest BCUT2D eigenvalue weighted by atomic mass is 16.3. The summed E-state index contributed by atoms with van der Waals surface area (Å²) < 4.78 is 68.9.